The van der Waals surface area contributed by atoms with Gasteiger partial charge in [-0.1, -0.05) is 24.3 Å². The van der Waals surface area contributed by atoms with E-state index >= 15 is 0 Å². The number of aryl methyl sites for hydroxylation is 1. The number of fused-ring (bicyclic) bond motifs is 1. The van der Waals surface area contributed by atoms with Crippen LogP contribution in [-0.4, -0.2) is 12.9 Å². The number of benzene rings is 2. The van der Waals surface area contributed by atoms with Crippen molar-refractivity contribution in [3.63, 3.8) is 0 Å². The van der Waals surface area contributed by atoms with E-state index in [0.717, 1.165) is 23.3 Å². The molecule has 0 fully saturated rings. The molecule has 19 heavy (non-hydrogen) atoms. The number of ketones is 1. The molecule has 96 valence electrons. The van der Waals surface area contributed by atoms with Gasteiger partial charge in [0.1, 0.15) is 5.75 Å². The van der Waals surface area contributed by atoms with Crippen LogP contribution in [0.2, 0.25) is 0 Å². The molecule has 0 heterocycles. The first-order valence-corrected chi connectivity index (χ1v) is 6.47. The van der Waals surface area contributed by atoms with Crippen LogP contribution < -0.4 is 4.74 Å². The van der Waals surface area contributed by atoms with E-state index < -0.39 is 0 Å². The van der Waals surface area contributed by atoms with Gasteiger partial charge < -0.3 is 4.74 Å². The molecule has 1 unspecified atom stereocenters. The van der Waals surface area contributed by atoms with Crippen LogP contribution in [0, 0.1) is 6.92 Å². The van der Waals surface area contributed by atoms with E-state index in [1.807, 2.05) is 37.3 Å². The summed E-state index contributed by atoms with van der Waals surface area (Å²) in [5.41, 5.74) is 4.27. The highest BCUT2D eigenvalue weighted by molar-refractivity contribution is 6.03. The zero-order valence-corrected chi connectivity index (χ0v) is 11.1. The van der Waals surface area contributed by atoms with Crippen LogP contribution >= 0.6 is 0 Å². The molecule has 2 aromatic carbocycles. The molecule has 0 aliphatic heterocycles. The SMILES string of the molecule is COc1ccc(C(=O)C2Cc3ccccc32)c(C)c1. The first kappa shape index (κ1) is 12.0. The lowest BCUT2D eigenvalue weighted by Gasteiger charge is -2.29. The highest BCUT2D eigenvalue weighted by Gasteiger charge is 2.32. The first-order valence-electron chi connectivity index (χ1n) is 6.47. The molecule has 2 aromatic rings. The van der Waals surface area contributed by atoms with Crippen molar-refractivity contribution >= 4 is 5.78 Å². The smallest absolute Gasteiger partial charge is 0.170 e. The van der Waals surface area contributed by atoms with Gasteiger partial charge in [-0.05, 0) is 48.2 Å². The van der Waals surface area contributed by atoms with Gasteiger partial charge in [-0.3, -0.25) is 4.79 Å². The second kappa shape index (κ2) is 4.54. The molecular weight excluding hydrogens is 236 g/mol. The van der Waals surface area contributed by atoms with Crippen LogP contribution in [-0.2, 0) is 6.42 Å². The van der Waals surface area contributed by atoms with Crippen LogP contribution in [0.1, 0.15) is 33.0 Å². The molecule has 1 aliphatic carbocycles. The number of rotatable bonds is 3. The third-order valence-electron chi connectivity index (χ3n) is 3.87. The van der Waals surface area contributed by atoms with Gasteiger partial charge in [0.05, 0.1) is 13.0 Å². The normalized spacial score (nSPS) is 16.4. The van der Waals surface area contributed by atoms with Gasteiger partial charge in [0.15, 0.2) is 5.78 Å². The Bertz CT molecular complexity index is 643. The van der Waals surface area contributed by atoms with Gasteiger partial charge in [-0.2, -0.15) is 0 Å². The molecule has 3 rings (SSSR count). The lowest BCUT2D eigenvalue weighted by atomic mass is 9.73. The van der Waals surface area contributed by atoms with E-state index in [1.165, 1.54) is 11.1 Å². The van der Waals surface area contributed by atoms with Crippen LogP contribution in [0.15, 0.2) is 42.5 Å². The highest BCUT2D eigenvalue weighted by atomic mass is 16.5. The van der Waals surface area contributed by atoms with Gasteiger partial charge >= 0.3 is 0 Å². The predicted octanol–water partition coefficient (Wildman–Crippen LogP) is 3.53. The fraction of sp³-hybridized carbons (Fsp3) is 0.235. The van der Waals surface area contributed by atoms with E-state index in [4.69, 9.17) is 4.74 Å². The van der Waals surface area contributed by atoms with Crippen molar-refractivity contribution in [3.8, 4) is 5.75 Å². The van der Waals surface area contributed by atoms with Crippen molar-refractivity contribution in [2.75, 3.05) is 7.11 Å². The standard InChI is InChI=1S/C17H16O2/c1-11-9-13(19-2)7-8-14(11)17(18)16-10-12-5-3-4-6-15(12)16/h3-9,16H,10H2,1-2H3. The van der Waals surface area contributed by atoms with Crippen molar-refractivity contribution < 1.29 is 9.53 Å². The van der Waals surface area contributed by atoms with E-state index in [1.54, 1.807) is 7.11 Å². The third-order valence-corrected chi connectivity index (χ3v) is 3.87. The summed E-state index contributed by atoms with van der Waals surface area (Å²) in [6.07, 6.45) is 0.862. The molecule has 0 N–H and O–H groups in total. The summed E-state index contributed by atoms with van der Waals surface area (Å²) >= 11 is 0. The summed E-state index contributed by atoms with van der Waals surface area (Å²) in [7, 11) is 1.64. The number of carbonyl (C=O) groups excluding carboxylic acids is 1. The zero-order chi connectivity index (χ0) is 13.4. The number of hydrogen-bond acceptors (Lipinski definition) is 2. The Labute approximate surface area is 113 Å². The van der Waals surface area contributed by atoms with Crippen LogP contribution in [0.25, 0.3) is 0 Å². The number of hydrogen-bond donors (Lipinski definition) is 0. The van der Waals surface area contributed by atoms with Crippen molar-refractivity contribution in [1.29, 1.82) is 0 Å². The highest BCUT2D eigenvalue weighted by Crippen LogP contribution is 2.37. The molecule has 0 saturated carbocycles. The molecule has 0 aromatic heterocycles. The third kappa shape index (κ3) is 1.93. The molecular formula is C17H16O2. The Hall–Kier alpha value is -2.09. The van der Waals surface area contributed by atoms with Crippen molar-refractivity contribution in [2.45, 2.75) is 19.3 Å². The molecule has 1 atom stereocenters. The van der Waals surface area contributed by atoms with Crippen LogP contribution in [0.5, 0.6) is 5.75 Å². The zero-order valence-electron chi connectivity index (χ0n) is 11.1. The molecule has 2 nitrogen and oxygen atoms in total. The molecule has 0 amide bonds. The van der Waals surface area contributed by atoms with Gasteiger partial charge in [-0.15, -0.1) is 0 Å². The Morgan fingerprint density at radius 2 is 2.00 bits per heavy atom. The van der Waals surface area contributed by atoms with Crippen LogP contribution in [0.4, 0.5) is 0 Å². The van der Waals surface area contributed by atoms with Gasteiger partial charge in [0, 0.05) is 5.56 Å². The number of ether oxygens (including phenoxy) is 1. The maximum Gasteiger partial charge on any atom is 0.170 e. The first-order chi connectivity index (χ1) is 9.20. The molecule has 0 saturated heterocycles. The molecule has 0 radical (unpaired) electrons. The Morgan fingerprint density at radius 1 is 1.21 bits per heavy atom. The van der Waals surface area contributed by atoms with E-state index in [0.29, 0.717) is 0 Å². The summed E-state index contributed by atoms with van der Waals surface area (Å²) in [6.45, 7) is 1.96. The summed E-state index contributed by atoms with van der Waals surface area (Å²) in [5, 5.41) is 0. The van der Waals surface area contributed by atoms with Gasteiger partial charge in [0.25, 0.3) is 0 Å². The predicted molar refractivity (Wildman–Crippen MR) is 74.9 cm³/mol. The molecule has 1 aliphatic rings. The van der Waals surface area contributed by atoms with Crippen LogP contribution in [0.3, 0.4) is 0 Å². The van der Waals surface area contributed by atoms with Crippen molar-refractivity contribution in [1.82, 2.24) is 0 Å². The van der Waals surface area contributed by atoms with Gasteiger partial charge in [-0.25, -0.2) is 0 Å². The number of carbonyl (C=O) groups is 1. The maximum absolute atomic E-state index is 12.6. The lowest BCUT2D eigenvalue weighted by molar-refractivity contribution is 0.0948. The number of methoxy groups -OCH3 is 1. The topological polar surface area (TPSA) is 26.3 Å². The average molecular weight is 252 g/mol. The summed E-state index contributed by atoms with van der Waals surface area (Å²) in [6, 6.07) is 13.8. The summed E-state index contributed by atoms with van der Waals surface area (Å²) in [5.74, 6) is 1.05. The fourth-order valence-corrected chi connectivity index (χ4v) is 2.72. The second-order valence-electron chi connectivity index (χ2n) is 5.00. The quantitative estimate of drug-likeness (QED) is 0.781. The van der Waals surface area contributed by atoms with Gasteiger partial charge in [0.2, 0.25) is 0 Å². The van der Waals surface area contributed by atoms with E-state index in [2.05, 4.69) is 12.1 Å². The minimum absolute atomic E-state index is 0.0308. The largest absolute Gasteiger partial charge is 0.497 e. The van der Waals surface area contributed by atoms with E-state index in [-0.39, 0.29) is 11.7 Å². The maximum atomic E-state index is 12.6. The fourth-order valence-electron chi connectivity index (χ4n) is 2.72. The van der Waals surface area contributed by atoms with Crippen molar-refractivity contribution in [2.24, 2.45) is 0 Å². The van der Waals surface area contributed by atoms with Crippen molar-refractivity contribution in [3.05, 3.63) is 64.7 Å². The Balaban J connectivity index is 1.90. The Morgan fingerprint density at radius 3 is 2.68 bits per heavy atom. The summed E-state index contributed by atoms with van der Waals surface area (Å²) < 4.78 is 5.18. The van der Waals surface area contributed by atoms with E-state index in [9.17, 15) is 4.79 Å². The molecule has 0 spiro atoms. The lowest BCUT2D eigenvalue weighted by Crippen LogP contribution is -2.25. The molecule has 0 bridgehead atoms. The monoisotopic (exact) mass is 252 g/mol. The Kier molecular flexibility index (Phi) is 2.86. The minimum atomic E-state index is 0.0308. The minimum Gasteiger partial charge on any atom is -0.497 e. The molecule has 2 heteroatoms. The average Bonchev–Trinajstić information content (AvgIpc) is 2.39. The summed E-state index contributed by atoms with van der Waals surface area (Å²) in [4.78, 5) is 12.6. The number of Topliss-reactive ketones (excluding diaryl/α,β-unsaturated/α-hetero) is 1. The second-order valence-corrected chi connectivity index (χ2v) is 5.00.